The largest absolute Gasteiger partial charge is 0.342 e. The van der Waals surface area contributed by atoms with E-state index in [4.69, 9.17) is 0 Å². The Hall–Kier alpha value is -1.43. The monoisotopic (exact) mass is 342 g/mol. The Morgan fingerprint density at radius 1 is 1.30 bits per heavy atom. The van der Waals surface area contributed by atoms with Gasteiger partial charge in [0, 0.05) is 4.47 Å². The predicted octanol–water partition coefficient (Wildman–Crippen LogP) is 2.61. The van der Waals surface area contributed by atoms with Gasteiger partial charge in [-0.05, 0) is 31.0 Å². The predicted molar refractivity (Wildman–Crippen MR) is 77.9 cm³/mol. The summed E-state index contributed by atoms with van der Waals surface area (Å²) < 4.78 is 14.7. The maximum absolute atomic E-state index is 14.0. The molecule has 6 heteroatoms. The fraction of sp³-hybridized carbons (Fsp3) is 0.429. The number of benzene rings is 1. The summed E-state index contributed by atoms with van der Waals surface area (Å²) in [6.45, 7) is 3.61. The van der Waals surface area contributed by atoms with Crippen LogP contribution in [0.4, 0.5) is 10.1 Å². The highest BCUT2D eigenvalue weighted by Gasteiger charge is 2.40. The van der Waals surface area contributed by atoms with Crippen molar-refractivity contribution in [3.05, 3.63) is 28.5 Å². The minimum Gasteiger partial charge on any atom is -0.342 e. The summed E-state index contributed by atoms with van der Waals surface area (Å²) in [6.07, 6.45) is 0.910. The molecule has 1 saturated heterocycles. The second kappa shape index (κ2) is 5.91. The average molecular weight is 343 g/mol. The van der Waals surface area contributed by atoms with E-state index in [1.165, 1.54) is 17.0 Å². The number of halogens is 2. The standard InChI is InChI=1S/C14H16BrFN2O2/c1-3-10-14(20)18(11(4-2)13(19)17-10)12-7-8(15)5-6-9(12)16/h5-7,10-11H,3-4H2,1-2H3,(H,17,19). The molecule has 1 aromatic rings. The molecule has 1 aromatic carbocycles. The lowest BCUT2D eigenvalue weighted by Gasteiger charge is -2.38. The molecular weight excluding hydrogens is 327 g/mol. The quantitative estimate of drug-likeness (QED) is 0.917. The Kier molecular flexibility index (Phi) is 4.42. The lowest BCUT2D eigenvalue weighted by Crippen LogP contribution is -2.63. The normalized spacial score (nSPS) is 22.9. The lowest BCUT2D eigenvalue weighted by molar-refractivity contribution is -0.134. The number of piperazine rings is 1. The van der Waals surface area contributed by atoms with Crippen molar-refractivity contribution >= 4 is 33.4 Å². The number of anilines is 1. The van der Waals surface area contributed by atoms with E-state index in [-0.39, 0.29) is 17.5 Å². The van der Waals surface area contributed by atoms with Crippen LogP contribution in [-0.4, -0.2) is 23.9 Å². The Labute approximate surface area is 125 Å². The molecule has 1 N–H and O–H groups in total. The number of carbonyl (C=O) groups is 2. The van der Waals surface area contributed by atoms with E-state index < -0.39 is 17.9 Å². The van der Waals surface area contributed by atoms with Crippen LogP contribution in [0.1, 0.15) is 26.7 Å². The third-order valence-electron chi connectivity index (χ3n) is 3.43. The van der Waals surface area contributed by atoms with Crippen LogP contribution in [0.25, 0.3) is 0 Å². The molecule has 2 amide bonds. The van der Waals surface area contributed by atoms with Gasteiger partial charge in [-0.1, -0.05) is 29.8 Å². The Balaban J connectivity index is 2.50. The average Bonchev–Trinajstić information content (AvgIpc) is 2.43. The molecule has 0 spiro atoms. The van der Waals surface area contributed by atoms with Gasteiger partial charge < -0.3 is 5.32 Å². The molecule has 4 nitrogen and oxygen atoms in total. The third kappa shape index (κ3) is 2.57. The van der Waals surface area contributed by atoms with Crippen LogP contribution in [0.5, 0.6) is 0 Å². The topological polar surface area (TPSA) is 49.4 Å². The highest BCUT2D eigenvalue weighted by atomic mass is 79.9. The van der Waals surface area contributed by atoms with Crippen LogP contribution in [0, 0.1) is 5.82 Å². The molecule has 2 rings (SSSR count). The van der Waals surface area contributed by atoms with E-state index >= 15 is 0 Å². The van der Waals surface area contributed by atoms with E-state index in [1.54, 1.807) is 13.0 Å². The molecular formula is C14H16BrFN2O2. The smallest absolute Gasteiger partial charge is 0.250 e. The SMILES string of the molecule is CCC1NC(=O)C(CC)N(c2cc(Br)ccc2F)C1=O. The number of amides is 2. The molecule has 2 unspecified atom stereocenters. The molecule has 0 bridgehead atoms. The van der Waals surface area contributed by atoms with Gasteiger partial charge in [-0.15, -0.1) is 0 Å². The molecule has 0 radical (unpaired) electrons. The second-order valence-corrected chi connectivity index (χ2v) is 5.61. The van der Waals surface area contributed by atoms with Crippen molar-refractivity contribution in [3.8, 4) is 0 Å². The van der Waals surface area contributed by atoms with Gasteiger partial charge in [-0.2, -0.15) is 0 Å². The first-order valence-electron chi connectivity index (χ1n) is 6.58. The van der Waals surface area contributed by atoms with E-state index in [0.29, 0.717) is 17.3 Å². The number of nitrogens with zero attached hydrogens (tertiary/aromatic N) is 1. The van der Waals surface area contributed by atoms with E-state index in [0.717, 1.165) is 0 Å². The zero-order valence-corrected chi connectivity index (χ0v) is 12.9. The van der Waals surface area contributed by atoms with Crippen molar-refractivity contribution < 1.29 is 14.0 Å². The van der Waals surface area contributed by atoms with Crippen LogP contribution >= 0.6 is 15.9 Å². The first kappa shape index (κ1) is 15.0. The summed E-state index contributed by atoms with van der Waals surface area (Å²) in [6, 6.07) is 3.11. The van der Waals surface area contributed by atoms with Crippen LogP contribution in [0.15, 0.2) is 22.7 Å². The molecule has 108 valence electrons. The van der Waals surface area contributed by atoms with Gasteiger partial charge in [0.2, 0.25) is 11.8 Å². The van der Waals surface area contributed by atoms with Crippen molar-refractivity contribution in [3.63, 3.8) is 0 Å². The highest BCUT2D eigenvalue weighted by molar-refractivity contribution is 9.10. The number of nitrogens with one attached hydrogen (secondary N) is 1. The second-order valence-electron chi connectivity index (χ2n) is 4.70. The van der Waals surface area contributed by atoms with Gasteiger partial charge >= 0.3 is 0 Å². The van der Waals surface area contributed by atoms with Gasteiger partial charge in [0.05, 0.1) is 5.69 Å². The van der Waals surface area contributed by atoms with E-state index in [1.807, 2.05) is 6.92 Å². The van der Waals surface area contributed by atoms with E-state index in [9.17, 15) is 14.0 Å². The summed E-state index contributed by atoms with van der Waals surface area (Å²) in [4.78, 5) is 25.8. The summed E-state index contributed by atoms with van der Waals surface area (Å²) in [5.41, 5.74) is 0.143. The molecule has 1 aliphatic rings. The zero-order valence-electron chi connectivity index (χ0n) is 11.3. The fourth-order valence-corrected chi connectivity index (χ4v) is 2.72. The first-order valence-corrected chi connectivity index (χ1v) is 7.37. The Bertz CT molecular complexity index is 550. The molecule has 20 heavy (non-hydrogen) atoms. The van der Waals surface area contributed by atoms with Crippen molar-refractivity contribution in [2.45, 2.75) is 38.8 Å². The van der Waals surface area contributed by atoms with Gasteiger partial charge in [0.1, 0.15) is 17.9 Å². The third-order valence-corrected chi connectivity index (χ3v) is 3.92. The maximum Gasteiger partial charge on any atom is 0.250 e. The summed E-state index contributed by atoms with van der Waals surface area (Å²) >= 11 is 3.27. The van der Waals surface area contributed by atoms with E-state index in [2.05, 4.69) is 21.2 Å². The van der Waals surface area contributed by atoms with Gasteiger partial charge in [0.25, 0.3) is 0 Å². The minimum absolute atomic E-state index is 0.143. The van der Waals surface area contributed by atoms with Crippen molar-refractivity contribution in [2.24, 2.45) is 0 Å². The molecule has 0 aromatic heterocycles. The van der Waals surface area contributed by atoms with Crippen molar-refractivity contribution in [1.29, 1.82) is 0 Å². The van der Waals surface area contributed by atoms with Crippen molar-refractivity contribution in [1.82, 2.24) is 5.32 Å². The molecule has 0 saturated carbocycles. The molecule has 2 atom stereocenters. The number of rotatable bonds is 3. The van der Waals surface area contributed by atoms with Crippen LogP contribution in [0.2, 0.25) is 0 Å². The fourth-order valence-electron chi connectivity index (χ4n) is 2.37. The molecule has 1 fully saturated rings. The van der Waals surface area contributed by atoms with Gasteiger partial charge in [-0.25, -0.2) is 4.39 Å². The molecule has 0 aliphatic carbocycles. The lowest BCUT2D eigenvalue weighted by atomic mass is 10.0. The molecule has 1 aliphatic heterocycles. The Morgan fingerprint density at radius 3 is 2.60 bits per heavy atom. The highest BCUT2D eigenvalue weighted by Crippen LogP contribution is 2.29. The van der Waals surface area contributed by atoms with Crippen LogP contribution in [0.3, 0.4) is 0 Å². The number of hydrogen-bond acceptors (Lipinski definition) is 2. The molecule has 1 heterocycles. The number of carbonyl (C=O) groups excluding carboxylic acids is 2. The van der Waals surface area contributed by atoms with Crippen LogP contribution < -0.4 is 10.2 Å². The minimum atomic E-state index is -0.672. The first-order chi connectivity index (χ1) is 9.49. The summed E-state index contributed by atoms with van der Waals surface area (Å²) in [5, 5.41) is 2.69. The van der Waals surface area contributed by atoms with Gasteiger partial charge in [-0.3, -0.25) is 14.5 Å². The van der Waals surface area contributed by atoms with Gasteiger partial charge in [0.15, 0.2) is 0 Å². The summed E-state index contributed by atoms with van der Waals surface area (Å²) in [5.74, 6) is -1.01. The number of hydrogen-bond donors (Lipinski definition) is 1. The van der Waals surface area contributed by atoms with Crippen LogP contribution in [-0.2, 0) is 9.59 Å². The zero-order chi connectivity index (χ0) is 14.9. The summed E-state index contributed by atoms with van der Waals surface area (Å²) in [7, 11) is 0. The van der Waals surface area contributed by atoms with Crippen molar-refractivity contribution in [2.75, 3.05) is 4.90 Å². The Morgan fingerprint density at radius 2 is 2.00 bits per heavy atom. The maximum atomic E-state index is 14.0.